The molecule has 1 rings (SSSR count). The molecule has 0 radical (unpaired) electrons. The van der Waals surface area contributed by atoms with Crippen LogP contribution < -0.4 is 0 Å². The minimum Gasteiger partial charge on any atom is -0.339 e. The smallest absolute Gasteiger partial charge is 0.243 e. The monoisotopic (exact) mass is 287 g/mol. The number of piperazine rings is 1. The molecular weight excluding hydrogens is 266 g/mol. The Balaban J connectivity index is 2.76. The van der Waals surface area contributed by atoms with E-state index in [4.69, 9.17) is 0 Å². The van der Waals surface area contributed by atoms with Crippen molar-refractivity contribution >= 4 is 15.9 Å². The Labute approximate surface area is 115 Å². The van der Waals surface area contributed by atoms with Crippen LogP contribution in [0, 0.1) is 16.7 Å². The Bertz CT molecular complexity index is 469. The van der Waals surface area contributed by atoms with Crippen molar-refractivity contribution in [3.05, 3.63) is 0 Å². The van der Waals surface area contributed by atoms with E-state index in [1.807, 2.05) is 13.8 Å². The lowest BCUT2D eigenvalue weighted by atomic mass is 9.82. The van der Waals surface area contributed by atoms with Crippen LogP contribution in [0.4, 0.5) is 0 Å². The molecule has 1 heterocycles. The van der Waals surface area contributed by atoms with E-state index in [9.17, 15) is 18.5 Å². The zero-order valence-electron chi connectivity index (χ0n) is 11.7. The summed E-state index contributed by atoms with van der Waals surface area (Å²) < 4.78 is 24.2. The van der Waals surface area contributed by atoms with Crippen molar-refractivity contribution < 1.29 is 13.2 Å². The number of nitrogens with zero attached hydrogens (tertiary/aromatic N) is 3. The van der Waals surface area contributed by atoms with Crippen molar-refractivity contribution in [2.75, 3.05) is 32.4 Å². The van der Waals surface area contributed by atoms with E-state index in [2.05, 4.69) is 6.07 Å². The maximum absolute atomic E-state index is 12.4. The first kappa shape index (κ1) is 15.9. The van der Waals surface area contributed by atoms with Gasteiger partial charge < -0.3 is 4.90 Å². The van der Waals surface area contributed by atoms with Gasteiger partial charge in [-0.2, -0.15) is 9.57 Å². The van der Waals surface area contributed by atoms with Gasteiger partial charge >= 0.3 is 0 Å². The predicted molar refractivity (Wildman–Crippen MR) is 71.6 cm³/mol. The highest BCUT2D eigenvalue weighted by molar-refractivity contribution is 7.88. The summed E-state index contributed by atoms with van der Waals surface area (Å²) in [6.45, 7) is 4.98. The normalized spacial score (nSPS) is 18.1. The summed E-state index contributed by atoms with van der Waals surface area (Å²) in [5.41, 5.74) is -0.965. The second-order valence-corrected chi connectivity index (χ2v) is 6.84. The van der Waals surface area contributed by atoms with Crippen LogP contribution in [0.2, 0.25) is 0 Å². The van der Waals surface area contributed by atoms with E-state index >= 15 is 0 Å². The van der Waals surface area contributed by atoms with Crippen LogP contribution in [0.5, 0.6) is 0 Å². The SMILES string of the molecule is CCC(C#N)(CC)C(=O)N1CCN(S(C)(=O)=O)CC1. The lowest BCUT2D eigenvalue weighted by Crippen LogP contribution is -2.53. The molecule has 0 aromatic carbocycles. The first-order valence-corrected chi connectivity index (χ1v) is 8.31. The maximum Gasteiger partial charge on any atom is 0.243 e. The standard InChI is InChI=1S/C12H21N3O3S/c1-4-12(5-2,10-13)11(16)14-6-8-15(9-7-14)19(3,17)18/h4-9H2,1-3H3. The number of amides is 1. The second-order valence-electron chi connectivity index (χ2n) is 4.86. The Morgan fingerprint density at radius 3 is 2.00 bits per heavy atom. The molecule has 0 N–H and O–H groups in total. The van der Waals surface area contributed by atoms with Gasteiger partial charge in [-0.25, -0.2) is 8.42 Å². The summed E-state index contributed by atoms with van der Waals surface area (Å²) in [4.78, 5) is 14.0. The van der Waals surface area contributed by atoms with E-state index in [-0.39, 0.29) is 5.91 Å². The van der Waals surface area contributed by atoms with Crippen molar-refractivity contribution in [3.63, 3.8) is 0 Å². The summed E-state index contributed by atoms with van der Waals surface area (Å²) in [6.07, 6.45) is 2.12. The van der Waals surface area contributed by atoms with Gasteiger partial charge in [-0.15, -0.1) is 0 Å². The maximum atomic E-state index is 12.4. The molecule has 0 aliphatic carbocycles. The highest BCUT2D eigenvalue weighted by Gasteiger charge is 2.39. The number of sulfonamides is 1. The van der Waals surface area contributed by atoms with Gasteiger partial charge in [0.15, 0.2) is 0 Å². The molecule has 19 heavy (non-hydrogen) atoms. The third-order valence-electron chi connectivity index (χ3n) is 3.83. The number of hydrogen-bond donors (Lipinski definition) is 0. The molecule has 6 nitrogen and oxygen atoms in total. The molecule has 0 bridgehead atoms. The van der Waals surface area contributed by atoms with Crippen LogP contribution in [-0.4, -0.2) is 56.0 Å². The molecule has 1 fully saturated rings. The number of rotatable bonds is 4. The molecule has 0 saturated carbocycles. The molecule has 0 unspecified atom stereocenters. The summed E-state index contributed by atoms with van der Waals surface area (Å²) >= 11 is 0. The zero-order valence-corrected chi connectivity index (χ0v) is 12.5. The minimum absolute atomic E-state index is 0.173. The van der Waals surface area contributed by atoms with Crippen LogP contribution in [0.25, 0.3) is 0 Å². The third-order valence-corrected chi connectivity index (χ3v) is 5.13. The topological polar surface area (TPSA) is 81.5 Å². The molecule has 0 aromatic heterocycles. The Morgan fingerprint density at radius 2 is 1.68 bits per heavy atom. The minimum atomic E-state index is -3.20. The first-order chi connectivity index (χ1) is 8.80. The van der Waals surface area contributed by atoms with Gasteiger partial charge in [0.1, 0.15) is 5.41 Å². The van der Waals surface area contributed by atoms with E-state index in [0.29, 0.717) is 39.0 Å². The van der Waals surface area contributed by atoms with E-state index < -0.39 is 15.4 Å². The van der Waals surface area contributed by atoms with E-state index in [0.717, 1.165) is 0 Å². The molecule has 0 aromatic rings. The van der Waals surface area contributed by atoms with Crippen LogP contribution in [0.3, 0.4) is 0 Å². The van der Waals surface area contributed by atoms with E-state index in [1.54, 1.807) is 4.90 Å². The lowest BCUT2D eigenvalue weighted by Gasteiger charge is -2.37. The van der Waals surface area contributed by atoms with Crippen LogP contribution in [0.15, 0.2) is 0 Å². The van der Waals surface area contributed by atoms with Crippen molar-refractivity contribution in [2.24, 2.45) is 5.41 Å². The fourth-order valence-electron chi connectivity index (χ4n) is 2.28. The van der Waals surface area contributed by atoms with Crippen molar-refractivity contribution in [1.29, 1.82) is 5.26 Å². The van der Waals surface area contributed by atoms with Crippen molar-refractivity contribution in [1.82, 2.24) is 9.21 Å². The van der Waals surface area contributed by atoms with Gasteiger partial charge in [-0.3, -0.25) is 4.79 Å². The first-order valence-electron chi connectivity index (χ1n) is 6.46. The summed E-state index contributed by atoms with van der Waals surface area (Å²) in [6, 6.07) is 2.13. The molecule has 7 heteroatoms. The second kappa shape index (κ2) is 5.88. The summed E-state index contributed by atoms with van der Waals surface area (Å²) in [5.74, 6) is -0.173. The summed E-state index contributed by atoms with van der Waals surface area (Å²) in [7, 11) is -3.20. The number of carbonyl (C=O) groups is 1. The zero-order chi connectivity index (χ0) is 14.7. The van der Waals surface area contributed by atoms with Crippen molar-refractivity contribution in [2.45, 2.75) is 26.7 Å². The average Bonchev–Trinajstić information content (AvgIpc) is 2.40. The Hall–Kier alpha value is -1.13. The largest absolute Gasteiger partial charge is 0.339 e. The highest BCUT2D eigenvalue weighted by atomic mass is 32.2. The predicted octanol–water partition coefficient (Wildman–Crippen LogP) is 0.420. The molecule has 1 amide bonds. The average molecular weight is 287 g/mol. The summed E-state index contributed by atoms with van der Waals surface area (Å²) in [5, 5.41) is 9.26. The number of hydrogen-bond acceptors (Lipinski definition) is 4. The van der Waals surface area contributed by atoms with E-state index in [1.165, 1.54) is 10.6 Å². The Kier molecular flexibility index (Phi) is 4.93. The molecule has 1 aliphatic heterocycles. The lowest BCUT2D eigenvalue weighted by molar-refractivity contribution is -0.140. The van der Waals surface area contributed by atoms with Gasteiger partial charge in [0.2, 0.25) is 15.9 Å². The molecule has 0 atom stereocenters. The van der Waals surface area contributed by atoms with Crippen LogP contribution in [0.1, 0.15) is 26.7 Å². The fraction of sp³-hybridized carbons (Fsp3) is 0.833. The van der Waals surface area contributed by atoms with Gasteiger partial charge in [0, 0.05) is 26.2 Å². The number of nitriles is 1. The highest BCUT2D eigenvalue weighted by Crippen LogP contribution is 2.28. The molecule has 1 saturated heterocycles. The van der Waals surface area contributed by atoms with Crippen LogP contribution >= 0.6 is 0 Å². The van der Waals surface area contributed by atoms with Gasteiger partial charge in [0.25, 0.3) is 0 Å². The molecule has 108 valence electrons. The molecular formula is C12H21N3O3S. The molecule has 0 spiro atoms. The third kappa shape index (κ3) is 3.25. The van der Waals surface area contributed by atoms with Gasteiger partial charge in [-0.05, 0) is 12.8 Å². The number of carbonyl (C=O) groups excluding carboxylic acids is 1. The quantitative estimate of drug-likeness (QED) is 0.750. The van der Waals surface area contributed by atoms with Gasteiger partial charge in [-0.1, -0.05) is 13.8 Å². The fourth-order valence-corrected chi connectivity index (χ4v) is 3.11. The molecule has 1 aliphatic rings. The van der Waals surface area contributed by atoms with Gasteiger partial charge in [0.05, 0.1) is 12.3 Å². The van der Waals surface area contributed by atoms with Crippen LogP contribution in [-0.2, 0) is 14.8 Å². The van der Waals surface area contributed by atoms with Crippen molar-refractivity contribution in [3.8, 4) is 6.07 Å². The Morgan fingerprint density at radius 1 is 1.21 bits per heavy atom.